The number of nitrogens with one attached hydrogen (secondary N) is 1. The lowest BCUT2D eigenvalue weighted by molar-refractivity contribution is -0.148. The number of carbonyl (C=O) groups is 2. The third-order valence-corrected chi connectivity index (χ3v) is 3.04. The van der Waals surface area contributed by atoms with Crippen LogP contribution in [0, 0.1) is 0 Å². The maximum atomic E-state index is 11.9. The highest BCUT2D eigenvalue weighted by atomic mass is 16.7. The molecule has 0 spiro atoms. The van der Waals surface area contributed by atoms with Gasteiger partial charge in [0, 0.05) is 0 Å². The standard InChI is InChI=1S/C11H18N2O4/c1-2-3-9-10(14)13(11(15)12-9)6-8-4-5-16-7-17-8/h8-9H,2-7H2,1H3,(H,12,15)/t8-,9+/m1/s1. The Bertz CT molecular complexity index is 302. The molecular weight excluding hydrogens is 224 g/mol. The quantitative estimate of drug-likeness (QED) is 0.728. The van der Waals surface area contributed by atoms with E-state index in [1.54, 1.807) is 0 Å². The molecule has 0 aromatic heterocycles. The topological polar surface area (TPSA) is 67.9 Å². The highest BCUT2D eigenvalue weighted by Gasteiger charge is 2.38. The van der Waals surface area contributed by atoms with Crippen LogP contribution in [0.1, 0.15) is 26.2 Å². The lowest BCUT2D eigenvalue weighted by atomic mass is 10.1. The minimum atomic E-state index is -0.354. The van der Waals surface area contributed by atoms with Crippen LogP contribution in [0.4, 0.5) is 4.79 Å². The number of rotatable bonds is 4. The molecular formula is C11H18N2O4. The number of hydrogen-bond acceptors (Lipinski definition) is 4. The van der Waals surface area contributed by atoms with Gasteiger partial charge in [-0.05, 0) is 12.8 Å². The Labute approximate surface area is 100 Å². The van der Waals surface area contributed by atoms with Gasteiger partial charge in [0.05, 0.1) is 19.3 Å². The number of imide groups is 1. The van der Waals surface area contributed by atoms with Crippen molar-refractivity contribution in [3.8, 4) is 0 Å². The fourth-order valence-electron chi connectivity index (χ4n) is 2.08. The van der Waals surface area contributed by atoms with Crippen LogP contribution >= 0.6 is 0 Å². The van der Waals surface area contributed by atoms with E-state index < -0.39 is 0 Å². The van der Waals surface area contributed by atoms with E-state index in [-0.39, 0.29) is 30.9 Å². The van der Waals surface area contributed by atoms with Gasteiger partial charge in [0.1, 0.15) is 12.8 Å². The Morgan fingerprint density at radius 2 is 2.29 bits per heavy atom. The monoisotopic (exact) mass is 242 g/mol. The number of carbonyl (C=O) groups excluding carboxylic acids is 2. The van der Waals surface area contributed by atoms with Gasteiger partial charge < -0.3 is 14.8 Å². The summed E-state index contributed by atoms with van der Waals surface area (Å²) in [4.78, 5) is 24.8. The second-order valence-corrected chi connectivity index (χ2v) is 4.34. The predicted octanol–water partition coefficient (Wildman–Crippen LogP) is 0.470. The maximum Gasteiger partial charge on any atom is 0.324 e. The van der Waals surface area contributed by atoms with E-state index in [1.165, 1.54) is 4.90 Å². The van der Waals surface area contributed by atoms with Crippen LogP contribution in [-0.4, -0.2) is 48.9 Å². The lowest BCUT2D eigenvalue weighted by Gasteiger charge is -2.25. The van der Waals surface area contributed by atoms with Gasteiger partial charge in [0.25, 0.3) is 5.91 Å². The second-order valence-electron chi connectivity index (χ2n) is 4.34. The zero-order valence-corrected chi connectivity index (χ0v) is 9.98. The zero-order chi connectivity index (χ0) is 12.3. The molecule has 0 aromatic rings. The number of nitrogens with zero attached hydrogens (tertiary/aromatic N) is 1. The van der Waals surface area contributed by atoms with Gasteiger partial charge in [-0.2, -0.15) is 0 Å². The van der Waals surface area contributed by atoms with Gasteiger partial charge in [-0.3, -0.25) is 9.69 Å². The first-order valence-corrected chi connectivity index (χ1v) is 6.03. The van der Waals surface area contributed by atoms with E-state index in [1.807, 2.05) is 6.92 Å². The summed E-state index contributed by atoms with van der Waals surface area (Å²) in [6.45, 7) is 3.18. The van der Waals surface area contributed by atoms with E-state index in [2.05, 4.69) is 5.32 Å². The molecule has 2 aliphatic heterocycles. The van der Waals surface area contributed by atoms with Crippen LogP contribution in [0.5, 0.6) is 0 Å². The number of hydrogen-bond donors (Lipinski definition) is 1. The van der Waals surface area contributed by atoms with Gasteiger partial charge in [-0.15, -0.1) is 0 Å². The second kappa shape index (κ2) is 5.46. The number of ether oxygens (including phenoxy) is 2. The van der Waals surface area contributed by atoms with E-state index in [0.717, 1.165) is 12.8 Å². The fraction of sp³-hybridized carbons (Fsp3) is 0.818. The molecule has 2 saturated heterocycles. The van der Waals surface area contributed by atoms with Gasteiger partial charge in [0.2, 0.25) is 0 Å². The van der Waals surface area contributed by atoms with Crippen molar-refractivity contribution in [3.05, 3.63) is 0 Å². The zero-order valence-electron chi connectivity index (χ0n) is 9.98. The molecule has 0 saturated carbocycles. The Morgan fingerprint density at radius 3 is 2.94 bits per heavy atom. The van der Waals surface area contributed by atoms with Crippen LogP contribution in [0.3, 0.4) is 0 Å². The molecule has 0 aliphatic carbocycles. The first-order valence-electron chi connectivity index (χ1n) is 6.03. The molecule has 0 radical (unpaired) electrons. The first-order chi connectivity index (χ1) is 8.22. The van der Waals surface area contributed by atoms with Gasteiger partial charge in [-0.1, -0.05) is 13.3 Å². The first kappa shape index (κ1) is 12.3. The van der Waals surface area contributed by atoms with Crippen molar-refractivity contribution in [1.29, 1.82) is 0 Å². The van der Waals surface area contributed by atoms with E-state index in [0.29, 0.717) is 19.6 Å². The largest absolute Gasteiger partial charge is 0.355 e. The highest BCUT2D eigenvalue weighted by molar-refractivity contribution is 6.04. The molecule has 2 heterocycles. The van der Waals surface area contributed by atoms with Crippen LogP contribution in [0.2, 0.25) is 0 Å². The summed E-state index contributed by atoms with van der Waals surface area (Å²) < 4.78 is 10.4. The van der Waals surface area contributed by atoms with Crippen LogP contribution in [-0.2, 0) is 14.3 Å². The summed E-state index contributed by atoms with van der Waals surface area (Å²) in [5, 5.41) is 2.69. The average Bonchev–Trinajstić information content (AvgIpc) is 2.59. The maximum absolute atomic E-state index is 11.9. The normalized spacial score (nSPS) is 29.6. The highest BCUT2D eigenvalue weighted by Crippen LogP contribution is 2.15. The molecule has 6 heteroatoms. The fourth-order valence-corrected chi connectivity index (χ4v) is 2.08. The Hall–Kier alpha value is -1.14. The summed E-state index contributed by atoms with van der Waals surface area (Å²) in [6, 6.07) is -0.657. The van der Waals surface area contributed by atoms with Crippen molar-refractivity contribution >= 4 is 11.9 Å². The molecule has 0 bridgehead atoms. The van der Waals surface area contributed by atoms with E-state index in [9.17, 15) is 9.59 Å². The van der Waals surface area contributed by atoms with Crippen molar-refractivity contribution in [3.63, 3.8) is 0 Å². The minimum Gasteiger partial charge on any atom is -0.355 e. The van der Waals surface area contributed by atoms with Crippen molar-refractivity contribution in [1.82, 2.24) is 10.2 Å². The molecule has 0 aromatic carbocycles. The smallest absolute Gasteiger partial charge is 0.324 e. The summed E-state index contributed by atoms with van der Waals surface area (Å²) in [7, 11) is 0. The van der Waals surface area contributed by atoms with Crippen LogP contribution < -0.4 is 5.32 Å². The minimum absolute atomic E-state index is 0.0983. The van der Waals surface area contributed by atoms with E-state index in [4.69, 9.17) is 9.47 Å². The summed E-state index contributed by atoms with van der Waals surface area (Å²) >= 11 is 0. The Balaban J connectivity index is 1.91. The summed E-state index contributed by atoms with van der Waals surface area (Å²) in [5.41, 5.74) is 0. The molecule has 2 atom stereocenters. The van der Waals surface area contributed by atoms with Crippen LogP contribution in [0.15, 0.2) is 0 Å². The van der Waals surface area contributed by atoms with Crippen molar-refractivity contribution in [2.75, 3.05) is 19.9 Å². The molecule has 6 nitrogen and oxygen atoms in total. The molecule has 2 rings (SSSR count). The summed E-state index contributed by atoms with van der Waals surface area (Å²) in [5.74, 6) is -0.132. The third-order valence-electron chi connectivity index (χ3n) is 3.04. The summed E-state index contributed by atoms with van der Waals surface area (Å²) in [6.07, 6.45) is 2.18. The van der Waals surface area contributed by atoms with E-state index >= 15 is 0 Å². The number of amides is 3. The molecule has 17 heavy (non-hydrogen) atoms. The number of urea groups is 1. The SMILES string of the molecule is CCC[C@@H]1NC(=O)N(C[C@H]2CCOCO2)C1=O. The molecule has 1 N–H and O–H groups in total. The van der Waals surface area contributed by atoms with Gasteiger partial charge in [-0.25, -0.2) is 4.79 Å². The van der Waals surface area contributed by atoms with Crippen molar-refractivity contribution < 1.29 is 19.1 Å². The predicted molar refractivity (Wildman–Crippen MR) is 59.2 cm³/mol. The van der Waals surface area contributed by atoms with Crippen molar-refractivity contribution in [2.24, 2.45) is 0 Å². The average molecular weight is 242 g/mol. The van der Waals surface area contributed by atoms with Crippen molar-refractivity contribution in [2.45, 2.75) is 38.3 Å². The molecule has 0 unspecified atom stereocenters. The molecule has 2 aliphatic rings. The third kappa shape index (κ3) is 2.76. The Kier molecular flexibility index (Phi) is 3.96. The van der Waals surface area contributed by atoms with Gasteiger partial charge >= 0.3 is 6.03 Å². The van der Waals surface area contributed by atoms with Crippen LogP contribution in [0.25, 0.3) is 0 Å². The molecule has 96 valence electrons. The van der Waals surface area contributed by atoms with Gasteiger partial charge in [0.15, 0.2) is 0 Å². The molecule has 2 fully saturated rings. The lowest BCUT2D eigenvalue weighted by Crippen LogP contribution is -2.41. The Morgan fingerprint density at radius 1 is 1.47 bits per heavy atom. The molecule has 3 amide bonds.